The number of benzene rings is 1. The van der Waals surface area contributed by atoms with Crippen LogP contribution in [0.25, 0.3) is 5.65 Å². The Morgan fingerprint density at radius 2 is 1.93 bits per heavy atom. The molecule has 1 fully saturated rings. The lowest BCUT2D eigenvalue weighted by atomic mass is 9.98. The zero-order valence-corrected chi connectivity index (χ0v) is 17.3. The maximum Gasteiger partial charge on any atom is 0.274 e. The normalized spacial score (nSPS) is 16.4. The third-order valence-corrected chi connectivity index (χ3v) is 5.50. The first-order chi connectivity index (χ1) is 14.0. The van der Waals surface area contributed by atoms with Crippen molar-refractivity contribution in [2.75, 3.05) is 27.3 Å². The number of carbonyl (C=O) groups is 1. The average Bonchev–Trinajstić information content (AvgIpc) is 3.34. The minimum absolute atomic E-state index is 0.0256. The lowest BCUT2D eigenvalue weighted by Crippen LogP contribution is -2.29. The molecule has 1 aliphatic rings. The van der Waals surface area contributed by atoms with Gasteiger partial charge in [0.05, 0.1) is 14.2 Å². The number of methoxy groups -OCH3 is 2. The molecule has 7 nitrogen and oxygen atoms in total. The second kappa shape index (κ2) is 7.73. The van der Waals surface area contributed by atoms with Crippen LogP contribution in [0.1, 0.15) is 33.9 Å². The maximum atomic E-state index is 13.0. The molecule has 2 aromatic heterocycles. The van der Waals surface area contributed by atoms with E-state index in [0.29, 0.717) is 17.3 Å². The molecule has 0 bridgehead atoms. The largest absolute Gasteiger partial charge is 0.493 e. The van der Waals surface area contributed by atoms with E-state index in [1.807, 2.05) is 36.9 Å². The first-order valence-corrected chi connectivity index (χ1v) is 9.82. The summed E-state index contributed by atoms with van der Waals surface area (Å²) < 4.78 is 12.4. The summed E-state index contributed by atoms with van der Waals surface area (Å²) in [6, 6.07) is 9.75. The Kier molecular flexibility index (Phi) is 5.13. The third-order valence-electron chi connectivity index (χ3n) is 5.50. The molecule has 0 N–H and O–H groups in total. The molecule has 0 saturated carbocycles. The summed E-state index contributed by atoms with van der Waals surface area (Å²) in [6.45, 7) is 5.39. The smallest absolute Gasteiger partial charge is 0.274 e. The summed E-state index contributed by atoms with van der Waals surface area (Å²) >= 11 is 0. The Balaban J connectivity index is 1.46. The molecule has 1 saturated heterocycles. The molecule has 0 spiro atoms. The molecule has 4 rings (SSSR count). The highest BCUT2D eigenvalue weighted by molar-refractivity contribution is 5.93. The Bertz CT molecular complexity index is 1060. The number of ether oxygens (including phenoxy) is 2. The van der Waals surface area contributed by atoms with Gasteiger partial charge < -0.3 is 14.4 Å². The number of aryl methyl sites for hydroxylation is 2. The van der Waals surface area contributed by atoms with Crippen LogP contribution in [0, 0.1) is 19.8 Å². The van der Waals surface area contributed by atoms with Crippen LogP contribution in [0.3, 0.4) is 0 Å². The molecule has 0 radical (unpaired) electrons. The topological polar surface area (TPSA) is 69.0 Å². The van der Waals surface area contributed by atoms with Gasteiger partial charge in [0.15, 0.2) is 22.8 Å². The number of aromatic nitrogens is 3. The highest BCUT2D eigenvalue weighted by Crippen LogP contribution is 2.30. The summed E-state index contributed by atoms with van der Waals surface area (Å²) in [7, 11) is 3.28. The van der Waals surface area contributed by atoms with E-state index >= 15 is 0 Å². The fourth-order valence-corrected chi connectivity index (χ4v) is 4.08. The van der Waals surface area contributed by atoms with Crippen molar-refractivity contribution in [3.63, 3.8) is 0 Å². The van der Waals surface area contributed by atoms with Gasteiger partial charge >= 0.3 is 0 Å². The monoisotopic (exact) mass is 394 g/mol. The quantitative estimate of drug-likeness (QED) is 0.665. The predicted molar refractivity (Wildman–Crippen MR) is 110 cm³/mol. The van der Waals surface area contributed by atoms with E-state index in [4.69, 9.17) is 9.47 Å². The van der Waals surface area contributed by atoms with Crippen molar-refractivity contribution in [3.05, 3.63) is 53.0 Å². The van der Waals surface area contributed by atoms with Crippen LogP contribution < -0.4 is 9.47 Å². The summed E-state index contributed by atoms with van der Waals surface area (Å²) in [5.74, 6) is 1.85. The molecule has 3 aromatic rings. The minimum Gasteiger partial charge on any atom is -0.493 e. The van der Waals surface area contributed by atoms with Gasteiger partial charge in [0.1, 0.15) is 0 Å². The first kappa shape index (κ1) is 19.2. The van der Waals surface area contributed by atoms with Gasteiger partial charge in [0, 0.05) is 30.5 Å². The molecular weight excluding hydrogens is 368 g/mol. The number of rotatable bonds is 5. The Morgan fingerprint density at radius 1 is 1.14 bits per heavy atom. The minimum atomic E-state index is -0.0256. The van der Waals surface area contributed by atoms with Gasteiger partial charge in [0.2, 0.25) is 0 Å². The van der Waals surface area contributed by atoms with Crippen molar-refractivity contribution in [2.24, 2.45) is 5.92 Å². The number of hydrogen-bond donors (Lipinski definition) is 0. The average molecular weight is 394 g/mol. The Labute approximate surface area is 170 Å². The van der Waals surface area contributed by atoms with Crippen molar-refractivity contribution in [1.29, 1.82) is 0 Å². The van der Waals surface area contributed by atoms with E-state index in [2.05, 4.69) is 16.1 Å². The lowest BCUT2D eigenvalue weighted by Gasteiger charge is -2.16. The fourth-order valence-electron chi connectivity index (χ4n) is 4.08. The summed E-state index contributed by atoms with van der Waals surface area (Å²) in [5.41, 5.74) is 4.25. The SMILES string of the molecule is COc1ccc(CC2CCN(C(=O)c3cc4nc(C)cc(C)n4n3)C2)cc1OC. The molecule has 1 atom stereocenters. The van der Waals surface area contributed by atoms with E-state index in [1.165, 1.54) is 5.56 Å². The highest BCUT2D eigenvalue weighted by atomic mass is 16.5. The molecule has 1 aromatic carbocycles. The Hall–Kier alpha value is -3.09. The van der Waals surface area contributed by atoms with Crippen LogP contribution >= 0.6 is 0 Å². The maximum absolute atomic E-state index is 13.0. The molecule has 29 heavy (non-hydrogen) atoms. The van der Waals surface area contributed by atoms with Crippen LogP contribution in [0.4, 0.5) is 0 Å². The van der Waals surface area contributed by atoms with Gasteiger partial charge in [0.25, 0.3) is 5.91 Å². The third kappa shape index (κ3) is 3.77. The van der Waals surface area contributed by atoms with E-state index in [9.17, 15) is 4.79 Å². The van der Waals surface area contributed by atoms with Gasteiger partial charge in [-0.3, -0.25) is 4.79 Å². The van der Waals surface area contributed by atoms with Gasteiger partial charge in [-0.2, -0.15) is 5.10 Å². The summed E-state index contributed by atoms with van der Waals surface area (Å²) in [6.07, 6.45) is 1.87. The summed E-state index contributed by atoms with van der Waals surface area (Å²) in [4.78, 5) is 19.4. The van der Waals surface area contributed by atoms with Gasteiger partial charge in [-0.25, -0.2) is 9.50 Å². The highest BCUT2D eigenvalue weighted by Gasteiger charge is 2.29. The Morgan fingerprint density at radius 3 is 2.69 bits per heavy atom. The number of hydrogen-bond acceptors (Lipinski definition) is 5. The number of likely N-dealkylation sites (tertiary alicyclic amines) is 1. The van der Waals surface area contributed by atoms with E-state index in [1.54, 1.807) is 24.8 Å². The molecule has 1 aliphatic heterocycles. The number of amides is 1. The van der Waals surface area contributed by atoms with Crippen LogP contribution in [-0.2, 0) is 6.42 Å². The van der Waals surface area contributed by atoms with E-state index in [0.717, 1.165) is 48.8 Å². The lowest BCUT2D eigenvalue weighted by molar-refractivity contribution is 0.0781. The van der Waals surface area contributed by atoms with Crippen LogP contribution in [-0.4, -0.2) is 52.7 Å². The fraction of sp³-hybridized carbons (Fsp3) is 0.409. The van der Waals surface area contributed by atoms with Crippen molar-refractivity contribution < 1.29 is 14.3 Å². The zero-order chi connectivity index (χ0) is 20.5. The molecule has 7 heteroatoms. The first-order valence-electron chi connectivity index (χ1n) is 9.82. The van der Waals surface area contributed by atoms with Gasteiger partial charge in [-0.15, -0.1) is 0 Å². The predicted octanol–water partition coefficient (Wildman–Crippen LogP) is 3.07. The zero-order valence-electron chi connectivity index (χ0n) is 17.3. The van der Waals surface area contributed by atoms with Gasteiger partial charge in [-0.1, -0.05) is 6.07 Å². The van der Waals surface area contributed by atoms with E-state index in [-0.39, 0.29) is 5.91 Å². The van der Waals surface area contributed by atoms with Crippen LogP contribution in [0.5, 0.6) is 11.5 Å². The number of nitrogens with zero attached hydrogens (tertiary/aromatic N) is 4. The van der Waals surface area contributed by atoms with Crippen molar-refractivity contribution in [3.8, 4) is 11.5 Å². The molecule has 3 heterocycles. The van der Waals surface area contributed by atoms with Crippen molar-refractivity contribution in [2.45, 2.75) is 26.7 Å². The van der Waals surface area contributed by atoms with Crippen molar-refractivity contribution in [1.82, 2.24) is 19.5 Å². The summed E-state index contributed by atoms with van der Waals surface area (Å²) in [5, 5.41) is 4.48. The second-order valence-corrected chi connectivity index (χ2v) is 7.64. The molecule has 152 valence electrons. The molecular formula is C22H26N4O3. The number of fused-ring (bicyclic) bond motifs is 1. The van der Waals surface area contributed by atoms with Gasteiger partial charge in [-0.05, 0) is 56.4 Å². The van der Waals surface area contributed by atoms with Crippen LogP contribution in [0.15, 0.2) is 30.3 Å². The second-order valence-electron chi connectivity index (χ2n) is 7.64. The van der Waals surface area contributed by atoms with Crippen molar-refractivity contribution >= 4 is 11.6 Å². The molecule has 0 aliphatic carbocycles. The molecule has 1 unspecified atom stereocenters. The standard InChI is InChI=1S/C22H26N4O3/c1-14-9-15(2)26-21(23-14)12-18(24-26)22(27)25-8-7-17(13-25)10-16-5-6-19(28-3)20(11-16)29-4/h5-6,9,11-12,17H,7-8,10,13H2,1-4H3. The van der Waals surface area contributed by atoms with Crippen LogP contribution in [0.2, 0.25) is 0 Å². The number of carbonyl (C=O) groups excluding carboxylic acids is 1. The van der Waals surface area contributed by atoms with E-state index < -0.39 is 0 Å². The molecule has 1 amide bonds.